The summed E-state index contributed by atoms with van der Waals surface area (Å²) in [6.45, 7) is 6.55. The molecule has 1 aliphatic rings. The van der Waals surface area contributed by atoms with Gasteiger partial charge in [-0.1, -0.05) is 44.5 Å². The van der Waals surface area contributed by atoms with Gasteiger partial charge in [-0.3, -0.25) is 0 Å². The Balaban J connectivity index is 2.30. The number of amides is 1. The zero-order valence-electron chi connectivity index (χ0n) is 12.6. The van der Waals surface area contributed by atoms with E-state index in [9.17, 15) is 14.3 Å². The van der Waals surface area contributed by atoms with E-state index in [1.54, 1.807) is 6.07 Å². The minimum atomic E-state index is -0.890. The Kier molecular flexibility index (Phi) is 4.47. The van der Waals surface area contributed by atoms with Crippen molar-refractivity contribution in [1.29, 1.82) is 0 Å². The molecule has 0 bridgehead atoms. The summed E-state index contributed by atoms with van der Waals surface area (Å²) >= 11 is 6.08. The van der Waals surface area contributed by atoms with Crippen LogP contribution in [0.5, 0.6) is 0 Å². The van der Waals surface area contributed by atoms with E-state index in [1.165, 1.54) is 11.0 Å². The van der Waals surface area contributed by atoms with E-state index in [0.717, 1.165) is 5.56 Å². The fourth-order valence-electron chi connectivity index (χ4n) is 3.13. The van der Waals surface area contributed by atoms with Crippen molar-refractivity contribution in [2.24, 2.45) is 5.41 Å². The molecule has 0 saturated carbocycles. The number of likely N-dealkylation sites (tertiary alicyclic amines) is 1. The predicted octanol–water partition coefficient (Wildman–Crippen LogP) is 4.75. The quantitative estimate of drug-likeness (QED) is 0.812. The van der Waals surface area contributed by atoms with Gasteiger partial charge in [0, 0.05) is 12.6 Å². The first-order valence-corrected chi connectivity index (χ1v) is 7.53. The lowest BCUT2D eigenvalue weighted by Crippen LogP contribution is -2.51. The van der Waals surface area contributed by atoms with Gasteiger partial charge in [0.25, 0.3) is 0 Å². The second kappa shape index (κ2) is 5.84. The molecule has 2 unspecified atom stereocenters. The third-order valence-electron chi connectivity index (χ3n) is 4.27. The maximum atomic E-state index is 13.6. The van der Waals surface area contributed by atoms with Crippen LogP contribution in [0.2, 0.25) is 5.02 Å². The molecule has 0 spiro atoms. The Morgan fingerprint density at radius 2 is 2.10 bits per heavy atom. The number of rotatable bonds is 1. The topological polar surface area (TPSA) is 40.5 Å². The summed E-state index contributed by atoms with van der Waals surface area (Å²) in [6.07, 6.45) is 0.444. The van der Waals surface area contributed by atoms with Gasteiger partial charge in [-0.05, 0) is 35.8 Å². The van der Waals surface area contributed by atoms with Gasteiger partial charge in [-0.15, -0.1) is 0 Å². The predicted molar refractivity (Wildman–Crippen MR) is 81.4 cm³/mol. The number of piperidine rings is 1. The summed E-state index contributed by atoms with van der Waals surface area (Å²) in [4.78, 5) is 12.9. The number of benzene rings is 1. The van der Waals surface area contributed by atoms with Crippen LogP contribution in [-0.4, -0.2) is 28.7 Å². The maximum absolute atomic E-state index is 13.6. The lowest BCUT2D eigenvalue weighted by molar-refractivity contribution is 0.0525. The molecule has 1 amide bonds. The van der Waals surface area contributed by atoms with E-state index in [2.05, 4.69) is 0 Å². The average Bonchev–Trinajstić information content (AvgIpc) is 2.40. The van der Waals surface area contributed by atoms with Crippen molar-refractivity contribution in [1.82, 2.24) is 4.90 Å². The van der Waals surface area contributed by atoms with Crippen LogP contribution >= 0.6 is 11.6 Å². The Hall–Kier alpha value is -1.29. The average molecular weight is 314 g/mol. The minimum absolute atomic E-state index is 0.0908. The number of hydrogen-bond donors (Lipinski definition) is 1. The highest BCUT2D eigenvalue weighted by atomic mass is 35.5. The van der Waals surface area contributed by atoms with Crippen LogP contribution in [0.15, 0.2) is 18.2 Å². The molecule has 21 heavy (non-hydrogen) atoms. The fraction of sp³-hybridized carbons (Fsp3) is 0.562. The van der Waals surface area contributed by atoms with Crippen LogP contribution in [0.4, 0.5) is 9.18 Å². The number of halogens is 2. The molecule has 1 saturated heterocycles. The third kappa shape index (κ3) is 3.31. The SMILES string of the molecule is CC(C)(C)C1CC(c2cccc(F)c2Cl)CCN1C(=O)O. The van der Waals surface area contributed by atoms with Crippen LogP contribution < -0.4 is 0 Å². The van der Waals surface area contributed by atoms with E-state index < -0.39 is 11.9 Å². The largest absolute Gasteiger partial charge is 0.465 e. The molecule has 0 aliphatic carbocycles. The summed E-state index contributed by atoms with van der Waals surface area (Å²) in [5.74, 6) is -0.324. The molecule has 0 radical (unpaired) electrons. The Bertz CT molecular complexity index is 542. The summed E-state index contributed by atoms with van der Waals surface area (Å²) in [5, 5.41) is 9.53. The molecule has 2 rings (SSSR count). The Morgan fingerprint density at radius 1 is 1.43 bits per heavy atom. The molecule has 1 N–H and O–H groups in total. The second-order valence-electron chi connectivity index (χ2n) is 6.72. The van der Waals surface area contributed by atoms with Crippen molar-refractivity contribution in [2.75, 3.05) is 6.54 Å². The fourth-order valence-corrected chi connectivity index (χ4v) is 3.41. The number of nitrogens with zero attached hydrogens (tertiary/aromatic N) is 1. The molecule has 116 valence electrons. The molecular formula is C16H21ClFNO2. The molecular weight excluding hydrogens is 293 g/mol. The van der Waals surface area contributed by atoms with Gasteiger partial charge in [0.15, 0.2) is 0 Å². The van der Waals surface area contributed by atoms with Gasteiger partial charge in [0.1, 0.15) is 5.82 Å². The Morgan fingerprint density at radius 3 is 2.67 bits per heavy atom. The number of hydrogen-bond acceptors (Lipinski definition) is 1. The van der Waals surface area contributed by atoms with Crippen molar-refractivity contribution in [2.45, 2.75) is 45.6 Å². The van der Waals surface area contributed by atoms with Crippen molar-refractivity contribution in [3.05, 3.63) is 34.6 Å². The highest BCUT2D eigenvalue weighted by molar-refractivity contribution is 6.31. The van der Waals surface area contributed by atoms with Gasteiger partial charge in [-0.2, -0.15) is 0 Å². The van der Waals surface area contributed by atoms with Crippen molar-refractivity contribution < 1.29 is 14.3 Å². The first kappa shape index (κ1) is 16.1. The van der Waals surface area contributed by atoms with E-state index in [4.69, 9.17) is 11.6 Å². The molecule has 1 aliphatic heterocycles. The minimum Gasteiger partial charge on any atom is -0.465 e. The van der Waals surface area contributed by atoms with Crippen LogP contribution in [-0.2, 0) is 0 Å². The maximum Gasteiger partial charge on any atom is 0.407 e. The first-order valence-electron chi connectivity index (χ1n) is 7.15. The lowest BCUT2D eigenvalue weighted by atomic mass is 9.75. The van der Waals surface area contributed by atoms with E-state index in [0.29, 0.717) is 19.4 Å². The summed E-state index contributed by atoms with van der Waals surface area (Å²) in [7, 11) is 0. The third-order valence-corrected chi connectivity index (χ3v) is 4.67. The first-order chi connectivity index (χ1) is 9.71. The normalized spacial score (nSPS) is 23.2. The van der Waals surface area contributed by atoms with Gasteiger partial charge in [0.05, 0.1) is 5.02 Å². The van der Waals surface area contributed by atoms with Crippen molar-refractivity contribution in [3.8, 4) is 0 Å². The number of carbonyl (C=O) groups is 1. The highest BCUT2D eigenvalue weighted by Crippen LogP contribution is 2.41. The van der Waals surface area contributed by atoms with Crippen molar-refractivity contribution >= 4 is 17.7 Å². The van der Waals surface area contributed by atoms with Gasteiger partial charge >= 0.3 is 6.09 Å². The molecule has 2 atom stereocenters. The second-order valence-corrected chi connectivity index (χ2v) is 7.10. The molecule has 3 nitrogen and oxygen atoms in total. The highest BCUT2D eigenvalue weighted by Gasteiger charge is 2.39. The monoisotopic (exact) mass is 313 g/mol. The Labute approximate surface area is 129 Å². The molecule has 1 aromatic carbocycles. The van der Waals surface area contributed by atoms with Gasteiger partial charge in [-0.25, -0.2) is 9.18 Å². The smallest absolute Gasteiger partial charge is 0.407 e. The molecule has 5 heteroatoms. The van der Waals surface area contributed by atoms with Crippen LogP contribution in [0.1, 0.15) is 45.1 Å². The van der Waals surface area contributed by atoms with Crippen LogP contribution in [0.3, 0.4) is 0 Å². The van der Waals surface area contributed by atoms with Crippen LogP contribution in [0, 0.1) is 11.2 Å². The molecule has 1 fully saturated rings. The summed E-state index contributed by atoms with van der Waals surface area (Å²) < 4.78 is 13.6. The lowest BCUT2D eigenvalue weighted by Gasteiger charge is -2.44. The van der Waals surface area contributed by atoms with Gasteiger partial charge < -0.3 is 10.0 Å². The number of carboxylic acid groups (broad SMARTS) is 1. The standard InChI is InChI=1S/C16H21ClFNO2/c1-16(2,3)13-9-10(7-8-19(13)15(20)21)11-5-4-6-12(18)14(11)17/h4-6,10,13H,7-9H2,1-3H3,(H,20,21). The van der Waals surface area contributed by atoms with Gasteiger partial charge in [0.2, 0.25) is 0 Å². The van der Waals surface area contributed by atoms with E-state index in [1.807, 2.05) is 26.8 Å². The van der Waals surface area contributed by atoms with E-state index in [-0.39, 0.29) is 22.4 Å². The van der Waals surface area contributed by atoms with Crippen molar-refractivity contribution in [3.63, 3.8) is 0 Å². The summed E-state index contributed by atoms with van der Waals surface area (Å²) in [5.41, 5.74) is 0.618. The molecule has 0 aromatic heterocycles. The molecule has 1 aromatic rings. The summed E-state index contributed by atoms with van der Waals surface area (Å²) in [6, 6.07) is 4.74. The van der Waals surface area contributed by atoms with Crippen LogP contribution in [0.25, 0.3) is 0 Å². The zero-order chi connectivity index (χ0) is 15.8. The zero-order valence-corrected chi connectivity index (χ0v) is 13.3. The van der Waals surface area contributed by atoms with E-state index >= 15 is 0 Å². The molecule has 1 heterocycles.